The fourth-order valence-electron chi connectivity index (χ4n) is 1.42. The lowest BCUT2D eigenvalue weighted by Gasteiger charge is -2.43. The molecule has 0 aliphatic carbocycles. The van der Waals surface area contributed by atoms with Crippen LogP contribution >= 0.6 is 0 Å². The van der Waals surface area contributed by atoms with Gasteiger partial charge in [0.05, 0.1) is 0 Å². The first kappa shape index (κ1) is 12.8. The van der Waals surface area contributed by atoms with Crippen molar-refractivity contribution < 1.29 is 30.6 Å². The summed E-state index contributed by atoms with van der Waals surface area (Å²) in [6.07, 6.45) is -0.451. The van der Waals surface area contributed by atoms with Gasteiger partial charge >= 0.3 is 0 Å². The van der Waals surface area contributed by atoms with Gasteiger partial charge in [-0.05, 0) is 12.8 Å². The van der Waals surface area contributed by atoms with Crippen molar-refractivity contribution in [3.05, 3.63) is 0 Å². The zero-order valence-electron chi connectivity index (χ0n) is 7.60. The van der Waals surface area contributed by atoms with E-state index in [1.807, 2.05) is 0 Å². The minimum Gasteiger partial charge on any atom is -0.343 e. The zero-order valence-corrected chi connectivity index (χ0v) is 7.60. The van der Waals surface area contributed by atoms with Crippen LogP contribution in [-0.2, 0) is 0 Å². The molecular formula is C7H16O6. The van der Waals surface area contributed by atoms with Crippen LogP contribution in [0.3, 0.4) is 0 Å². The van der Waals surface area contributed by atoms with E-state index >= 15 is 0 Å². The Kier molecular flexibility index (Phi) is 3.42. The summed E-state index contributed by atoms with van der Waals surface area (Å²) in [5.41, 5.74) is -2.21. The Morgan fingerprint density at radius 3 is 0.923 bits per heavy atom. The summed E-state index contributed by atoms with van der Waals surface area (Å²) in [6.45, 7) is 2.75. The van der Waals surface area contributed by atoms with E-state index in [-0.39, 0.29) is 12.8 Å². The molecule has 0 aromatic rings. The van der Waals surface area contributed by atoms with E-state index in [4.69, 9.17) is 30.6 Å². The van der Waals surface area contributed by atoms with Gasteiger partial charge in [0.15, 0.2) is 0 Å². The minimum atomic E-state index is -3.35. The van der Waals surface area contributed by atoms with Crippen LogP contribution in [0.2, 0.25) is 0 Å². The Bertz CT molecular complexity index is 145. The second-order valence-corrected chi connectivity index (χ2v) is 3.06. The molecule has 6 nitrogen and oxygen atoms in total. The molecule has 0 radical (unpaired) electrons. The van der Waals surface area contributed by atoms with E-state index in [1.54, 1.807) is 0 Å². The average Bonchev–Trinajstić information content (AvgIpc) is 1.84. The standard InChI is InChI=1S/C7H16O6/c1-3-5(4-2,6(8,9)10)7(11,12)13/h8-13H,3-4H2,1-2H3. The lowest BCUT2D eigenvalue weighted by Crippen LogP contribution is -2.61. The van der Waals surface area contributed by atoms with Gasteiger partial charge in [0.1, 0.15) is 5.41 Å². The second-order valence-electron chi connectivity index (χ2n) is 3.06. The first-order valence-corrected chi connectivity index (χ1v) is 3.96. The topological polar surface area (TPSA) is 121 Å². The lowest BCUT2D eigenvalue weighted by atomic mass is 9.77. The van der Waals surface area contributed by atoms with Gasteiger partial charge in [-0.3, -0.25) is 0 Å². The van der Waals surface area contributed by atoms with Crippen LogP contribution in [0.5, 0.6) is 0 Å². The highest BCUT2D eigenvalue weighted by Gasteiger charge is 2.59. The molecule has 80 valence electrons. The molecule has 0 atom stereocenters. The van der Waals surface area contributed by atoms with E-state index in [0.29, 0.717) is 0 Å². The summed E-state index contributed by atoms with van der Waals surface area (Å²) in [5, 5.41) is 53.4. The van der Waals surface area contributed by atoms with Gasteiger partial charge in [0.2, 0.25) is 0 Å². The molecule has 0 saturated heterocycles. The molecule has 0 aromatic heterocycles. The van der Waals surface area contributed by atoms with Crippen LogP contribution in [-0.4, -0.2) is 42.6 Å². The predicted octanol–water partition coefficient (Wildman–Crippen LogP) is -1.95. The van der Waals surface area contributed by atoms with Crippen LogP contribution in [0.25, 0.3) is 0 Å². The Morgan fingerprint density at radius 1 is 0.692 bits per heavy atom. The third kappa shape index (κ3) is 1.98. The molecule has 0 aromatic carbocycles. The van der Waals surface area contributed by atoms with Crippen molar-refractivity contribution in [1.82, 2.24) is 0 Å². The van der Waals surface area contributed by atoms with E-state index in [9.17, 15) is 0 Å². The van der Waals surface area contributed by atoms with Crippen molar-refractivity contribution in [3.8, 4) is 0 Å². The highest BCUT2D eigenvalue weighted by molar-refractivity contribution is 4.88. The first-order chi connectivity index (χ1) is 5.62. The maximum absolute atomic E-state index is 8.89. The van der Waals surface area contributed by atoms with Gasteiger partial charge < -0.3 is 30.6 Å². The molecule has 0 aliphatic heterocycles. The normalized spacial score (nSPS) is 14.8. The predicted molar refractivity (Wildman–Crippen MR) is 41.8 cm³/mol. The Hall–Kier alpha value is -0.240. The minimum absolute atomic E-state index is 0.226. The molecule has 0 heterocycles. The van der Waals surface area contributed by atoms with Crippen LogP contribution in [0.1, 0.15) is 26.7 Å². The third-order valence-electron chi connectivity index (χ3n) is 2.49. The van der Waals surface area contributed by atoms with Gasteiger partial charge in [-0.1, -0.05) is 13.8 Å². The maximum atomic E-state index is 8.89. The van der Waals surface area contributed by atoms with Gasteiger partial charge in [0.25, 0.3) is 11.9 Å². The summed E-state index contributed by atoms with van der Waals surface area (Å²) in [7, 11) is 0. The Labute approximate surface area is 75.7 Å². The van der Waals surface area contributed by atoms with Gasteiger partial charge in [-0.15, -0.1) is 0 Å². The molecule has 0 fully saturated rings. The van der Waals surface area contributed by atoms with E-state index in [1.165, 1.54) is 13.8 Å². The molecule has 0 unspecified atom stereocenters. The van der Waals surface area contributed by atoms with Crippen molar-refractivity contribution in [3.63, 3.8) is 0 Å². The molecule has 0 spiro atoms. The number of aliphatic hydroxyl groups is 6. The van der Waals surface area contributed by atoms with Crippen LogP contribution in [0.4, 0.5) is 0 Å². The highest BCUT2D eigenvalue weighted by Crippen LogP contribution is 2.42. The molecule has 0 rings (SSSR count). The second kappa shape index (κ2) is 3.49. The summed E-state index contributed by atoms with van der Waals surface area (Å²) in [6, 6.07) is 0. The van der Waals surface area contributed by atoms with Crippen LogP contribution < -0.4 is 0 Å². The van der Waals surface area contributed by atoms with Crippen molar-refractivity contribution in [2.75, 3.05) is 0 Å². The molecular weight excluding hydrogens is 180 g/mol. The lowest BCUT2D eigenvalue weighted by molar-refractivity contribution is -0.483. The Balaban J connectivity index is 5.17. The number of hydrogen-bond donors (Lipinski definition) is 6. The molecule has 0 saturated carbocycles. The van der Waals surface area contributed by atoms with E-state index in [0.717, 1.165) is 0 Å². The van der Waals surface area contributed by atoms with Gasteiger partial charge in [-0.2, -0.15) is 0 Å². The van der Waals surface area contributed by atoms with Crippen molar-refractivity contribution >= 4 is 0 Å². The SMILES string of the molecule is CCC(CC)(C(O)(O)O)C(O)(O)O. The molecule has 0 aliphatic rings. The third-order valence-corrected chi connectivity index (χ3v) is 2.49. The smallest absolute Gasteiger partial charge is 0.289 e. The van der Waals surface area contributed by atoms with Crippen LogP contribution in [0.15, 0.2) is 0 Å². The highest BCUT2D eigenvalue weighted by atomic mass is 16.7. The molecule has 0 amide bonds. The molecule has 6 heteroatoms. The average molecular weight is 196 g/mol. The Morgan fingerprint density at radius 2 is 0.923 bits per heavy atom. The summed E-state index contributed by atoms with van der Waals surface area (Å²) >= 11 is 0. The summed E-state index contributed by atoms with van der Waals surface area (Å²) < 4.78 is 0. The molecule has 6 N–H and O–H groups in total. The quantitative estimate of drug-likeness (QED) is 0.291. The largest absolute Gasteiger partial charge is 0.343 e. The fraction of sp³-hybridized carbons (Fsp3) is 1.00. The van der Waals surface area contributed by atoms with Crippen molar-refractivity contribution in [1.29, 1.82) is 0 Å². The van der Waals surface area contributed by atoms with Gasteiger partial charge in [0, 0.05) is 0 Å². The first-order valence-electron chi connectivity index (χ1n) is 3.96. The van der Waals surface area contributed by atoms with Crippen LogP contribution in [0, 0.1) is 5.41 Å². The molecule has 0 bridgehead atoms. The van der Waals surface area contributed by atoms with E-state index < -0.39 is 17.4 Å². The van der Waals surface area contributed by atoms with Crippen molar-refractivity contribution in [2.45, 2.75) is 38.6 Å². The molecule has 13 heavy (non-hydrogen) atoms. The summed E-state index contributed by atoms with van der Waals surface area (Å²) in [4.78, 5) is 0. The fourth-order valence-corrected chi connectivity index (χ4v) is 1.42. The summed E-state index contributed by atoms with van der Waals surface area (Å²) in [5.74, 6) is -6.70. The number of rotatable bonds is 4. The van der Waals surface area contributed by atoms with Crippen molar-refractivity contribution in [2.24, 2.45) is 5.41 Å². The monoisotopic (exact) mass is 196 g/mol. The maximum Gasteiger partial charge on any atom is 0.289 e. The zero-order chi connectivity index (χ0) is 10.9. The van der Waals surface area contributed by atoms with E-state index in [2.05, 4.69) is 0 Å². The van der Waals surface area contributed by atoms with Gasteiger partial charge in [-0.25, -0.2) is 0 Å². The number of hydrogen-bond acceptors (Lipinski definition) is 6.